The number of para-hydroxylation sites is 1. The van der Waals surface area contributed by atoms with Gasteiger partial charge in [0.25, 0.3) is 11.8 Å². The number of benzene rings is 1. The SMILES string of the molecule is CC1Oc2c(cccc2C(=O)N2CCC3(CC2)CC3C(=O)O)NC1=O. The first-order valence-electron chi connectivity index (χ1n) is 8.54. The smallest absolute Gasteiger partial charge is 0.307 e. The molecule has 1 aliphatic carbocycles. The van der Waals surface area contributed by atoms with E-state index in [1.165, 1.54) is 0 Å². The third-order valence-electron chi connectivity index (χ3n) is 5.70. The number of likely N-dealkylation sites (tertiary alicyclic amines) is 1. The van der Waals surface area contributed by atoms with E-state index in [-0.39, 0.29) is 23.1 Å². The second-order valence-corrected chi connectivity index (χ2v) is 7.18. The lowest BCUT2D eigenvalue weighted by Gasteiger charge is -2.33. The lowest BCUT2D eigenvalue weighted by atomic mass is 9.90. The lowest BCUT2D eigenvalue weighted by Crippen LogP contribution is -2.41. The van der Waals surface area contributed by atoms with Crippen LogP contribution < -0.4 is 10.1 Å². The van der Waals surface area contributed by atoms with Crippen molar-refractivity contribution in [3.8, 4) is 5.75 Å². The van der Waals surface area contributed by atoms with Gasteiger partial charge in [0.2, 0.25) is 0 Å². The molecule has 1 saturated heterocycles. The van der Waals surface area contributed by atoms with Gasteiger partial charge in [0.1, 0.15) is 0 Å². The molecule has 2 heterocycles. The summed E-state index contributed by atoms with van der Waals surface area (Å²) in [6, 6.07) is 5.13. The molecule has 7 heteroatoms. The Balaban J connectivity index is 1.51. The van der Waals surface area contributed by atoms with Crippen molar-refractivity contribution in [2.24, 2.45) is 11.3 Å². The Bertz CT molecular complexity index is 767. The first-order valence-corrected chi connectivity index (χ1v) is 8.54. The van der Waals surface area contributed by atoms with E-state index in [1.54, 1.807) is 30.0 Å². The average Bonchev–Trinajstić information content (AvgIpc) is 3.29. The molecule has 1 aromatic rings. The molecule has 3 aliphatic rings. The van der Waals surface area contributed by atoms with Gasteiger partial charge in [-0.15, -0.1) is 0 Å². The molecule has 4 rings (SSSR count). The number of amides is 2. The number of aliphatic carboxylic acids is 1. The van der Waals surface area contributed by atoms with Crippen LogP contribution in [0.3, 0.4) is 0 Å². The summed E-state index contributed by atoms with van der Waals surface area (Å²) in [4.78, 5) is 37.6. The lowest BCUT2D eigenvalue weighted by molar-refractivity contribution is -0.139. The topological polar surface area (TPSA) is 95.9 Å². The van der Waals surface area contributed by atoms with E-state index in [4.69, 9.17) is 4.74 Å². The molecule has 1 spiro atoms. The Labute approximate surface area is 144 Å². The molecular weight excluding hydrogens is 324 g/mol. The predicted molar refractivity (Wildman–Crippen MR) is 88.5 cm³/mol. The number of ether oxygens (including phenoxy) is 1. The maximum absolute atomic E-state index is 12.9. The van der Waals surface area contributed by atoms with E-state index < -0.39 is 12.1 Å². The highest BCUT2D eigenvalue weighted by Gasteiger charge is 2.59. The summed E-state index contributed by atoms with van der Waals surface area (Å²) in [5, 5.41) is 11.9. The van der Waals surface area contributed by atoms with Crippen molar-refractivity contribution in [3.05, 3.63) is 23.8 Å². The van der Waals surface area contributed by atoms with Gasteiger partial charge < -0.3 is 20.1 Å². The monoisotopic (exact) mass is 344 g/mol. The first-order chi connectivity index (χ1) is 11.9. The summed E-state index contributed by atoms with van der Waals surface area (Å²) >= 11 is 0. The average molecular weight is 344 g/mol. The van der Waals surface area contributed by atoms with Gasteiger partial charge in [0, 0.05) is 13.1 Å². The molecule has 0 radical (unpaired) electrons. The number of anilines is 1. The largest absolute Gasteiger partial charge is 0.481 e. The van der Waals surface area contributed by atoms with Crippen LogP contribution in [-0.2, 0) is 9.59 Å². The van der Waals surface area contributed by atoms with Crippen LogP contribution in [0, 0.1) is 11.3 Å². The normalized spacial score (nSPS) is 26.4. The van der Waals surface area contributed by atoms with E-state index >= 15 is 0 Å². The van der Waals surface area contributed by atoms with E-state index in [1.807, 2.05) is 0 Å². The number of nitrogens with zero attached hydrogens (tertiary/aromatic N) is 1. The molecule has 2 unspecified atom stereocenters. The van der Waals surface area contributed by atoms with Crippen LogP contribution in [0.5, 0.6) is 5.75 Å². The van der Waals surface area contributed by atoms with E-state index in [0.29, 0.717) is 30.1 Å². The van der Waals surface area contributed by atoms with Crippen molar-refractivity contribution in [2.45, 2.75) is 32.3 Å². The maximum atomic E-state index is 12.9. The molecule has 0 aromatic heterocycles. The summed E-state index contributed by atoms with van der Waals surface area (Å²) < 4.78 is 5.65. The molecule has 25 heavy (non-hydrogen) atoms. The Morgan fingerprint density at radius 2 is 2.04 bits per heavy atom. The van der Waals surface area contributed by atoms with Gasteiger partial charge in [0.05, 0.1) is 17.2 Å². The minimum absolute atomic E-state index is 0.113. The molecule has 1 saturated carbocycles. The predicted octanol–water partition coefficient (Wildman–Crippen LogP) is 1.73. The van der Waals surface area contributed by atoms with Crippen LogP contribution in [0.25, 0.3) is 0 Å². The van der Waals surface area contributed by atoms with Crippen LogP contribution >= 0.6 is 0 Å². The Hall–Kier alpha value is -2.57. The fraction of sp³-hybridized carbons (Fsp3) is 0.500. The van der Waals surface area contributed by atoms with Crippen molar-refractivity contribution in [2.75, 3.05) is 18.4 Å². The van der Waals surface area contributed by atoms with Crippen molar-refractivity contribution < 1.29 is 24.2 Å². The van der Waals surface area contributed by atoms with Crippen LogP contribution in [0.1, 0.15) is 36.5 Å². The van der Waals surface area contributed by atoms with Crippen LogP contribution in [0.2, 0.25) is 0 Å². The number of rotatable bonds is 2. The highest BCUT2D eigenvalue weighted by Crippen LogP contribution is 2.59. The van der Waals surface area contributed by atoms with Gasteiger partial charge >= 0.3 is 5.97 Å². The number of carboxylic acids is 1. The number of carbonyl (C=O) groups excluding carboxylic acids is 2. The zero-order valence-corrected chi connectivity index (χ0v) is 13.9. The second kappa shape index (κ2) is 5.47. The van der Waals surface area contributed by atoms with Crippen LogP contribution in [0.15, 0.2) is 18.2 Å². The zero-order chi connectivity index (χ0) is 17.8. The van der Waals surface area contributed by atoms with E-state index in [9.17, 15) is 19.5 Å². The summed E-state index contributed by atoms with van der Waals surface area (Å²) in [5.74, 6) is -0.938. The van der Waals surface area contributed by atoms with Crippen molar-refractivity contribution in [1.29, 1.82) is 0 Å². The molecule has 132 valence electrons. The zero-order valence-electron chi connectivity index (χ0n) is 13.9. The van der Waals surface area contributed by atoms with Gasteiger partial charge in [-0.25, -0.2) is 0 Å². The standard InChI is InChI=1S/C18H20N2O5/c1-10-15(21)19-13-4-2-3-11(14(13)25-10)16(22)20-7-5-18(6-8-20)9-12(18)17(23)24/h2-4,10,12H,5-9H2,1H3,(H,19,21)(H,23,24). The quantitative estimate of drug-likeness (QED) is 0.852. The van der Waals surface area contributed by atoms with Gasteiger partial charge in [-0.05, 0) is 43.7 Å². The van der Waals surface area contributed by atoms with Crippen LogP contribution in [-0.4, -0.2) is 47.0 Å². The number of hydrogen-bond donors (Lipinski definition) is 2. The van der Waals surface area contributed by atoms with E-state index in [2.05, 4.69) is 5.32 Å². The van der Waals surface area contributed by atoms with Gasteiger partial charge in [0.15, 0.2) is 11.9 Å². The molecule has 2 N–H and O–H groups in total. The number of carboxylic acid groups (broad SMARTS) is 1. The molecule has 1 aromatic carbocycles. The van der Waals surface area contributed by atoms with Gasteiger partial charge in [-0.1, -0.05) is 6.07 Å². The number of nitrogens with one attached hydrogen (secondary N) is 1. The molecule has 2 amide bonds. The Morgan fingerprint density at radius 1 is 1.32 bits per heavy atom. The summed E-state index contributed by atoms with van der Waals surface area (Å²) in [6.45, 7) is 2.74. The van der Waals surface area contributed by atoms with Crippen molar-refractivity contribution in [3.63, 3.8) is 0 Å². The third kappa shape index (κ3) is 2.54. The maximum Gasteiger partial charge on any atom is 0.307 e. The molecule has 2 aliphatic heterocycles. The minimum atomic E-state index is -0.727. The third-order valence-corrected chi connectivity index (χ3v) is 5.70. The molecular formula is C18H20N2O5. The summed E-state index contributed by atoms with van der Waals surface area (Å²) in [5.41, 5.74) is 0.832. The van der Waals surface area contributed by atoms with Crippen LogP contribution in [0.4, 0.5) is 5.69 Å². The Morgan fingerprint density at radius 3 is 2.68 bits per heavy atom. The molecule has 2 atom stereocenters. The number of fused-ring (bicyclic) bond motifs is 1. The fourth-order valence-corrected chi connectivity index (χ4v) is 3.97. The summed E-state index contributed by atoms with van der Waals surface area (Å²) in [7, 11) is 0. The summed E-state index contributed by atoms with van der Waals surface area (Å²) in [6.07, 6.45) is 1.52. The molecule has 0 bridgehead atoms. The van der Waals surface area contributed by atoms with Gasteiger partial charge in [-0.3, -0.25) is 14.4 Å². The first kappa shape index (κ1) is 15.9. The highest BCUT2D eigenvalue weighted by atomic mass is 16.5. The highest BCUT2D eigenvalue weighted by molar-refractivity contribution is 6.04. The molecule has 7 nitrogen and oxygen atoms in total. The number of piperidine rings is 1. The molecule has 2 fully saturated rings. The van der Waals surface area contributed by atoms with Crippen molar-refractivity contribution in [1.82, 2.24) is 4.90 Å². The second-order valence-electron chi connectivity index (χ2n) is 7.18. The van der Waals surface area contributed by atoms with Crippen molar-refractivity contribution >= 4 is 23.5 Å². The van der Waals surface area contributed by atoms with Gasteiger partial charge in [-0.2, -0.15) is 0 Å². The number of carbonyl (C=O) groups is 3. The Kier molecular flexibility index (Phi) is 3.49. The minimum Gasteiger partial charge on any atom is -0.481 e. The van der Waals surface area contributed by atoms with E-state index in [0.717, 1.165) is 19.3 Å². The fourth-order valence-electron chi connectivity index (χ4n) is 3.97. The number of hydrogen-bond acceptors (Lipinski definition) is 4.